The molecule has 2 heterocycles. The van der Waals surface area contributed by atoms with Gasteiger partial charge in [0.1, 0.15) is 23.7 Å². The summed E-state index contributed by atoms with van der Waals surface area (Å²) in [6, 6.07) is 5.52. The number of rotatable bonds is 4. The molecule has 0 bridgehead atoms. The van der Waals surface area contributed by atoms with Gasteiger partial charge in [-0.15, -0.1) is 0 Å². The molecule has 196 valence electrons. The molecule has 5 rings (SSSR count). The van der Waals surface area contributed by atoms with Crippen LogP contribution >= 0.6 is 0 Å². The van der Waals surface area contributed by atoms with Crippen molar-refractivity contribution in [1.82, 2.24) is 0 Å². The van der Waals surface area contributed by atoms with Gasteiger partial charge in [0.05, 0.1) is 6.10 Å². The molecule has 0 aromatic heterocycles. The maximum atomic E-state index is 10.8. The van der Waals surface area contributed by atoms with Gasteiger partial charge in [-0.1, -0.05) is 43.7 Å². The number of ether oxygens (including phenoxy) is 2. The Bertz CT molecular complexity index is 1290. The van der Waals surface area contributed by atoms with E-state index in [2.05, 4.69) is 32.9 Å². The lowest BCUT2D eigenvalue weighted by molar-refractivity contribution is -0.138. The van der Waals surface area contributed by atoms with Crippen LogP contribution in [0.3, 0.4) is 0 Å². The van der Waals surface area contributed by atoms with Crippen LogP contribution in [0.25, 0.3) is 18.2 Å². The summed E-state index contributed by atoms with van der Waals surface area (Å²) < 4.78 is 12.9. The van der Waals surface area contributed by atoms with Crippen LogP contribution < -0.4 is 9.47 Å². The van der Waals surface area contributed by atoms with Crippen LogP contribution in [0, 0.1) is 11.3 Å². The van der Waals surface area contributed by atoms with E-state index in [0.29, 0.717) is 24.2 Å². The highest BCUT2D eigenvalue weighted by molar-refractivity contribution is 5.81. The van der Waals surface area contributed by atoms with Crippen LogP contribution in [0.5, 0.6) is 23.0 Å². The van der Waals surface area contributed by atoms with Gasteiger partial charge < -0.3 is 24.8 Å². The zero-order chi connectivity index (χ0) is 26.5. The highest BCUT2D eigenvalue weighted by atomic mass is 16.5. The molecule has 2 aliphatic heterocycles. The zero-order valence-electron chi connectivity index (χ0n) is 22.5. The van der Waals surface area contributed by atoms with Crippen LogP contribution in [0.2, 0.25) is 0 Å². The van der Waals surface area contributed by atoms with Crippen molar-refractivity contribution in [2.45, 2.75) is 72.0 Å². The van der Waals surface area contributed by atoms with Crippen molar-refractivity contribution in [3.63, 3.8) is 0 Å². The van der Waals surface area contributed by atoms with Crippen molar-refractivity contribution in [3.8, 4) is 23.0 Å². The number of aromatic hydroxyl groups is 2. The van der Waals surface area contributed by atoms with Gasteiger partial charge >= 0.3 is 0 Å². The van der Waals surface area contributed by atoms with Crippen molar-refractivity contribution < 1.29 is 24.8 Å². The summed E-state index contributed by atoms with van der Waals surface area (Å²) in [6.45, 7) is 10.9. The molecule has 3 N–H and O–H groups in total. The minimum Gasteiger partial charge on any atom is -0.507 e. The predicted molar refractivity (Wildman–Crippen MR) is 148 cm³/mol. The van der Waals surface area contributed by atoms with Gasteiger partial charge in [0.15, 0.2) is 11.5 Å². The van der Waals surface area contributed by atoms with Crippen molar-refractivity contribution in [3.05, 3.63) is 63.7 Å². The summed E-state index contributed by atoms with van der Waals surface area (Å²) in [5, 5.41) is 31.9. The number of hydrogen-bond acceptors (Lipinski definition) is 5. The smallest absolute Gasteiger partial charge is 0.169 e. The third kappa shape index (κ3) is 4.54. The van der Waals surface area contributed by atoms with Crippen molar-refractivity contribution >= 4 is 18.2 Å². The van der Waals surface area contributed by atoms with Crippen LogP contribution in [0.15, 0.2) is 35.9 Å². The number of benzene rings is 2. The van der Waals surface area contributed by atoms with Gasteiger partial charge in [0.25, 0.3) is 0 Å². The number of allylic oxidation sites excluding steroid dienone is 2. The maximum Gasteiger partial charge on any atom is 0.169 e. The molecule has 5 heteroatoms. The maximum absolute atomic E-state index is 10.8. The first kappa shape index (κ1) is 25.5. The molecule has 0 unspecified atom stereocenters. The molecule has 1 fully saturated rings. The molecule has 3 aliphatic rings. The normalized spacial score (nSPS) is 25.5. The molecule has 0 spiro atoms. The SMILES string of the molecule is CC(C)=CCc1c(O)cc(/C=C/c2cc3c(c4c2C=CCO4)O[C@]2(C)CC[C@@H](O)C(C)(C)[C@H]2C3)cc1O. The quantitative estimate of drug-likeness (QED) is 0.321. The van der Waals surface area contributed by atoms with Gasteiger partial charge in [0, 0.05) is 17.0 Å². The van der Waals surface area contributed by atoms with E-state index in [1.807, 2.05) is 38.2 Å². The molecular formula is C32H38O5. The highest BCUT2D eigenvalue weighted by Crippen LogP contribution is 2.56. The fourth-order valence-corrected chi connectivity index (χ4v) is 6.25. The number of hydrogen-bond donors (Lipinski definition) is 3. The Morgan fingerprint density at radius 3 is 2.49 bits per heavy atom. The van der Waals surface area contributed by atoms with Crippen molar-refractivity contribution in [1.29, 1.82) is 0 Å². The van der Waals surface area contributed by atoms with E-state index >= 15 is 0 Å². The third-order valence-electron chi connectivity index (χ3n) is 8.55. The van der Waals surface area contributed by atoms with Crippen LogP contribution in [0.4, 0.5) is 0 Å². The summed E-state index contributed by atoms with van der Waals surface area (Å²) in [6.07, 6.45) is 12.4. The topological polar surface area (TPSA) is 79.2 Å². The fraction of sp³-hybridized carbons (Fsp3) is 0.438. The van der Waals surface area contributed by atoms with E-state index in [1.165, 1.54) is 0 Å². The van der Waals surface area contributed by atoms with Crippen LogP contribution in [-0.4, -0.2) is 33.6 Å². The van der Waals surface area contributed by atoms with E-state index in [1.54, 1.807) is 12.1 Å². The predicted octanol–water partition coefficient (Wildman–Crippen LogP) is 6.67. The number of aliphatic hydroxyl groups is 1. The fourth-order valence-electron chi connectivity index (χ4n) is 6.25. The van der Waals surface area contributed by atoms with Crippen molar-refractivity contribution in [2.75, 3.05) is 6.61 Å². The summed E-state index contributed by atoms with van der Waals surface area (Å²) >= 11 is 0. The number of phenolic OH excluding ortho intramolecular Hbond substituents is 2. The van der Waals surface area contributed by atoms with E-state index in [4.69, 9.17) is 9.47 Å². The third-order valence-corrected chi connectivity index (χ3v) is 8.55. The molecule has 1 aliphatic carbocycles. The lowest BCUT2D eigenvalue weighted by Crippen LogP contribution is -2.58. The lowest BCUT2D eigenvalue weighted by atomic mass is 9.57. The first-order chi connectivity index (χ1) is 17.5. The number of phenols is 2. The second-order valence-corrected chi connectivity index (χ2v) is 11.8. The molecule has 2 aromatic carbocycles. The Labute approximate surface area is 219 Å². The van der Waals surface area contributed by atoms with Crippen molar-refractivity contribution in [2.24, 2.45) is 11.3 Å². The Morgan fingerprint density at radius 2 is 1.78 bits per heavy atom. The van der Waals surface area contributed by atoms with E-state index in [-0.39, 0.29) is 34.5 Å². The Morgan fingerprint density at radius 1 is 1.05 bits per heavy atom. The van der Waals surface area contributed by atoms with Gasteiger partial charge in [-0.3, -0.25) is 0 Å². The number of fused-ring (bicyclic) bond motifs is 4. The summed E-state index contributed by atoms with van der Waals surface area (Å²) in [5.41, 5.74) is 4.78. The zero-order valence-corrected chi connectivity index (χ0v) is 22.5. The van der Waals surface area contributed by atoms with Crippen LogP contribution in [-0.2, 0) is 12.8 Å². The average molecular weight is 503 g/mol. The molecule has 0 radical (unpaired) electrons. The number of aliphatic hydroxyl groups excluding tert-OH is 1. The molecular weight excluding hydrogens is 464 g/mol. The van der Waals surface area contributed by atoms with Gasteiger partial charge in [0.2, 0.25) is 0 Å². The minimum atomic E-state index is -0.355. The molecule has 3 atom stereocenters. The Balaban J connectivity index is 1.53. The lowest BCUT2D eigenvalue weighted by Gasteiger charge is -2.55. The largest absolute Gasteiger partial charge is 0.507 e. The molecule has 0 amide bonds. The Hall–Kier alpha value is -3.18. The van der Waals surface area contributed by atoms with E-state index in [0.717, 1.165) is 53.0 Å². The van der Waals surface area contributed by atoms with E-state index < -0.39 is 0 Å². The Kier molecular flexibility index (Phi) is 6.39. The second kappa shape index (κ2) is 9.29. The van der Waals surface area contributed by atoms with E-state index in [9.17, 15) is 15.3 Å². The van der Waals surface area contributed by atoms with Gasteiger partial charge in [-0.2, -0.15) is 0 Å². The molecule has 5 nitrogen and oxygen atoms in total. The first-order valence-corrected chi connectivity index (χ1v) is 13.2. The minimum absolute atomic E-state index is 0.0821. The summed E-state index contributed by atoms with van der Waals surface area (Å²) in [7, 11) is 0. The first-order valence-electron chi connectivity index (χ1n) is 13.2. The molecule has 0 saturated heterocycles. The standard InChI is InChI=1S/C32H38O5/c1-19(2)8-11-24-25(33)15-20(16-26(24)34)9-10-21-17-22-18-27-31(3,4)28(35)12-13-32(27,5)37-29(22)30-23(21)7-6-14-36-30/h6-10,15-17,27-28,33-35H,11-14,18H2,1-5H3/b10-9+/t27-,28-,32-/m1/s1. The molecule has 2 aromatic rings. The van der Waals surface area contributed by atoms with Crippen LogP contribution in [0.1, 0.15) is 75.3 Å². The molecule has 37 heavy (non-hydrogen) atoms. The monoisotopic (exact) mass is 502 g/mol. The van der Waals surface area contributed by atoms with Gasteiger partial charge in [-0.25, -0.2) is 0 Å². The second-order valence-electron chi connectivity index (χ2n) is 11.8. The average Bonchev–Trinajstić information content (AvgIpc) is 2.84. The van der Waals surface area contributed by atoms with Gasteiger partial charge in [-0.05, 0) is 92.8 Å². The summed E-state index contributed by atoms with van der Waals surface area (Å²) in [5.74, 6) is 1.93. The molecule has 1 saturated carbocycles. The highest BCUT2D eigenvalue weighted by Gasteiger charge is 2.55. The summed E-state index contributed by atoms with van der Waals surface area (Å²) in [4.78, 5) is 0.